The van der Waals surface area contributed by atoms with Gasteiger partial charge in [-0.15, -0.1) is 0 Å². The molecule has 84 valence electrons. The molecule has 1 aromatic rings. The first-order chi connectivity index (χ1) is 7.17. The largest absolute Gasteiger partial charge is 0.271 e. The molecule has 0 radical (unpaired) electrons. The van der Waals surface area contributed by atoms with Crippen LogP contribution in [0.5, 0.6) is 0 Å². The molecule has 0 bridgehead atoms. The molecule has 0 aliphatic rings. The Morgan fingerprint density at radius 1 is 1.33 bits per heavy atom. The molecule has 1 aromatic carbocycles. The lowest BCUT2D eigenvalue weighted by Crippen LogP contribution is -2.36. The van der Waals surface area contributed by atoms with Crippen molar-refractivity contribution in [2.45, 2.75) is 46.1 Å². The molecule has 0 saturated carbocycles. The van der Waals surface area contributed by atoms with Gasteiger partial charge in [0.25, 0.3) is 0 Å². The van der Waals surface area contributed by atoms with Crippen molar-refractivity contribution < 1.29 is 0 Å². The molecule has 3 N–H and O–H groups in total. The predicted molar refractivity (Wildman–Crippen MR) is 65.6 cm³/mol. The maximum absolute atomic E-state index is 5.54. The van der Waals surface area contributed by atoms with Gasteiger partial charge in [0.15, 0.2) is 0 Å². The summed E-state index contributed by atoms with van der Waals surface area (Å²) in [6, 6.07) is 7.00. The van der Waals surface area contributed by atoms with Crippen molar-refractivity contribution in [3.05, 3.63) is 34.9 Å². The van der Waals surface area contributed by atoms with Crippen molar-refractivity contribution >= 4 is 0 Å². The first-order valence-corrected chi connectivity index (χ1v) is 5.69. The summed E-state index contributed by atoms with van der Waals surface area (Å²) in [5, 5.41) is 0. The van der Waals surface area contributed by atoms with Crippen molar-refractivity contribution in [2.24, 2.45) is 5.84 Å². The Bertz CT molecular complexity index is 307. The number of aryl methyl sites for hydroxylation is 2. The number of rotatable bonds is 5. The van der Waals surface area contributed by atoms with Crippen LogP contribution in [0.25, 0.3) is 0 Å². The molecule has 0 saturated heterocycles. The molecule has 1 rings (SSSR count). The van der Waals surface area contributed by atoms with Crippen molar-refractivity contribution in [1.29, 1.82) is 0 Å². The summed E-state index contributed by atoms with van der Waals surface area (Å²) in [4.78, 5) is 0. The average molecular weight is 206 g/mol. The van der Waals surface area contributed by atoms with Crippen LogP contribution < -0.4 is 11.3 Å². The SMILES string of the molecule is CCCC(Cc1cc(C)ccc1C)NN. The van der Waals surface area contributed by atoms with E-state index in [9.17, 15) is 0 Å². The predicted octanol–water partition coefficient (Wildman–Crippen LogP) is 2.48. The van der Waals surface area contributed by atoms with Crippen LogP contribution in [0.1, 0.15) is 36.5 Å². The Kier molecular flexibility index (Phi) is 4.79. The number of benzene rings is 1. The van der Waals surface area contributed by atoms with E-state index in [0.717, 1.165) is 12.8 Å². The van der Waals surface area contributed by atoms with Crippen LogP contribution in [0.4, 0.5) is 0 Å². The summed E-state index contributed by atoms with van der Waals surface area (Å²) in [5.74, 6) is 5.54. The van der Waals surface area contributed by atoms with E-state index < -0.39 is 0 Å². The quantitative estimate of drug-likeness (QED) is 0.574. The van der Waals surface area contributed by atoms with E-state index in [2.05, 4.69) is 44.4 Å². The standard InChI is InChI=1S/C13H22N2/c1-4-5-13(15-14)9-12-8-10(2)6-7-11(12)3/h6-8,13,15H,4-5,9,14H2,1-3H3. The second kappa shape index (κ2) is 5.89. The van der Waals surface area contributed by atoms with Crippen molar-refractivity contribution in [1.82, 2.24) is 5.43 Å². The van der Waals surface area contributed by atoms with Gasteiger partial charge in [-0.2, -0.15) is 0 Å². The fourth-order valence-corrected chi connectivity index (χ4v) is 1.88. The van der Waals surface area contributed by atoms with E-state index in [4.69, 9.17) is 5.84 Å². The van der Waals surface area contributed by atoms with Crippen LogP contribution in [-0.2, 0) is 6.42 Å². The first-order valence-electron chi connectivity index (χ1n) is 5.69. The van der Waals surface area contributed by atoms with Gasteiger partial charge < -0.3 is 0 Å². The van der Waals surface area contributed by atoms with E-state index in [-0.39, 0.29) is 0 Å². The molecule has 0 aromatic heterocycles. The average Bonchev–Trinajstić information content (AvgIpc) is 2.22. The molecule has 1 atom stereocenters. The van der Waals surface area contributed by atoms with Gasteiger partial charge in [-0.3, -0.25) is 11.3 Å². The van der Waals surface area contributed by atoms with E-state index in [1.807, 2.05) is 0 Å². The number of nitrogens with two attached hydrogens (primary N) is 1. The second-order valence-electron chi connectivity index (χ2n) is 4.29. The van der Waals surface area contributed by atoms with Gasteiger partial charge in [-0.25, -0.2) is 0 Å². The van der Waals surface area contributed by atoms with Gasteiger partial charge in [-0.1, -0.05) is 37.1 Å². The normalized spacial score (nSPS) is 12.8. The molecule has 0 aliphatic heterocycles. The summed E-state index contributed by atoms with van der Waals surface area (Å²) in [6.45, 7) is 6.48. The Hall–Kier alpha value is -0.860. The summed E-state index contributed by atoms with van der Waals surface area (Å²) in [6.07, 6.45) is 3.32. The van der Waals surface area contributed by atoms with Gasteiger partial charge in [0.1, 0.15) is 0 Å². The lowest BCUT2D eigenvalue weighted by Gasteiger charge is -2.16. The van der Waals surface area contributed by atoms with Crippen LogP contribution in [-0.4, -0.2) is 6.04 Å². The smallest absolute Gasteiger partial charge is 0.0250 e. The molecule has 1 unspecified atom stereocenters. The summed E-state index contributed by atoms with van der Waals surface area (Å²) >= 11 is 0. The zero-order chi connectivity index (χ0) is 11.3. The molecule has 0 amide bonds. The second-order valence-corrected chi connectivity index (χ2v) is 4.29. The van der Waals surface area contributed by atoms with E-state index in [0.29, 0.717) is 6.04 Å². The fraction of sp³-hybridized carbons (Fsp3) is 0.538. The zero-order valence-corrected chi connectivity index (χ0v) is 10.0. The van der Waals surface area contributed by atoms with Crippen LogP contribution in [0, 0.1) is 13.8 Å². The minimum absolute atomic E-state index is 0.399. The monoisotopic (exact) mass is 206 g/mol. The Morgan fingerprint density at radius 2 is 2.07 bits per heavy atom. The third-order valence-corrected chi connectivity index (χ3v) is 2.84. The molecular formula is C13H22N2. The number of hydrogen-bond donors (Lipinski definition) is 2. The zero-order valence-electron chi connectivity index (χ0n) is 10.0. The van der Waals surface area contributed by atoms with Gasteiger partial charge in [0, 0.05) is 6.04 Å². The van der Waals surface area contributed by atoms with Crippen molar-refractivity contribution in [2.75, 3.05) is 0 Å². The minimum atomic E-state index is 0.399. The highest BCUT2D eigenvalue weighted by atomic mass is 15.2. The summed E-state index contributed by atoms with van der Waals surface area (Å²) < 4.78 is 0. The molecule has 0 aliphatic carbocycles. The van der Waals surface area contributed by atoms with Crippen LogP contribution in [0.2, 0.25) is 0 Å². The van der Waals surface area contributed by atoms with Crippen LogP contribution in [0.3, 0.4) is 0 Å². The minimum Gasteiger partial charge on any atom is -0.271 e. The molecule has 0 fully saturated rings. The summed E-state index contributed by atoms with van der Waals surface area (Å²) in [7, 11) is 0. The highest BCUT2D eigenvalue weighted by molar-refractivity contribution is 5.31. The van der Waals surface area contributed by atoms with Crippen LogP contribution >= 0.6 is 0 Å². The highest BCUT2D eigenvalue weighted by Crippen LogP contribution is 2.14. The fourth-order valence-electron chi connectivity index (χ4n) is 1.88. The highest BCUT2D eigenvalue weighted by Gasteiger charge is 2.08. The topological polar surface area (TPSA) is 38.0 Å². The maximum Gasteiger partial charge on any atom is 0.0250 e. The van der Waals surface area contributed by atoms with Gasteiger partial charge in [0.05, 0.1) is 0 Å². The Balaban J connectivity index is 2.73. The van der Waals surface area contributed by atoms with Gasteiger partial charge in [0.2, 0.25) is 0 Å². The Morgan fingerprint density at radius 3 is 2.67 bits per heavy atom. The van der Waals surface area contributed by atoms with E-state index in [1.54, 1.807) is 0 Å². The van der Waals surface area contributed by atoms with Crippen LogP contribution in [0.15, 0.2) is 18.2 Å². The van der Waals surface area contributed by atoms with Crippen molar-refractivity contribution in [3.63, 3.8) is 0 Å². The number of hydrazine groups is 1. The molecular weight excluding hydrogens is 184 g/mol. The lowest BCUT2D eigenvalue weighted by atomic mass is 9.97. The third-order valence-electron chi connectivity index (χ3n) is 2.84. The summed E-state index contributed by atoms with van der Waals surface area (Å²) in [5.41, 5.74) is 6.99. The van der Waals surface area contributed by atoms with E-state index >= 15 is 0 Å². The lowest BCUT2D eigenvalue weighted by molar-refractivity contribution is 0.485. The third kappa shape index (κ3) is 3.65. The molecule has 2 heteroatoms. The Labute approximate surface area is 92.8 Å². The molecule has 2 nitrogen and oxygen atoms in total. The first kappa shape index (κ1) is 12.2. The van der Waals surface area contributed by atoms with Gasteiger partial charge >= 0.3 is 0 Å². The number of nitrogens with one attached hydrogen (secondary N) is 1. The maximum atomic E-state index is 5.54. The van der Waals surface area contributed by atoms with E-state index in [1.165, 1.54) is 23.1 Å². The molecule has 0 spiro atoms. The molecule has 15 heavy (non-hydrogen) atoms. The van der Waals surface area contributed by atoms with Gasteiger partial charge in [-0.05, 0) is 37.8 Å². The van der Waals surface area contributed by atoms with Crippen molar-refractivity contribution in [3.8, 4) is 0 Å². The number of hydrogen-bond acceptors (Lipinski definition) is 2. The molecule has 0 heterocycles.